The smallest absolute Gasteiger partial charge is 0.434 e. The Labute approximate surface area is 146 Å². The number of methoxy groups -OCH3 is 1. The molecule has 0 aliphatic heterocycles. The number of pyridine rings is 2. The summed E-state index contributed by atoms with van der Waals surface area (Å²) < 4.78 is 63.7. The monoisotopic (exact) mass is 375 g/mol. The number of fused-ring (bicyclic) bond motifs is 1. The van der Waals surface area contributed by atoms with Gasteiger partial charge in [-0.15, -0.1) is 0 Å². The van der Waals surface area contributed by atoms with Crippen molar-refractivity contribution in [2.45, 2.75) is 13.1 Å². The fourth-order valence-electron chi connectivity index (χ4n) is 2.25. The third kappa shape index (κ3) is 4.18. The lowest BCUT2D eigenvalue weighted by Crippen LogP contribution is -2.24. The number of hydrogen-bond donors (Lipinski definition) is 0. The Hall–Kier alpha value is -2.49. The van der Waals surface area contributed by atoms with Gasteiger partial charge in [-0.2, -0.15) is 13.2 Å². The molecule has 0 N–H and O–H groups in total. The second-order valence-corrected chi connectivity index (χ2v) is 5.36. The summed E-state index contributed by atoms with van der Waals surface area (Å²) in [6.07, 6.45) is -4.89. The van der Waals surface area contributed by atoms with E-state index in [1.54, 1.807) is 0 Å². The maximum absolute atomic E-state index is 14.3. The Morgan fingerprint density at radius 3 is 2.54 bits per heavy atom. The van der Waals surface area contributed by atoms with E-state index < -0.39 is 29.2 Å². The summed E-state index contributed by atoms with van der Waals surface area (Å²) in [5, 5.41) is -0.0394. The molecule has 0 atom stereocenters. The zero-order chi connectivity index (χ0) is 19.5. The molecule has 2 aromatic heterocycles. The van der Waals surface area contributed by atoms with Crippen LogP contribution in [0.2, 0.25) is 0 Å². The molecule has 0 bridgehead atoms. The summed E-state index contributed by atoms with van der Waals surface area (Å²) in [6.45, 7) is 1.91. The lowest BCUT2D eigenvalue weighted by molar-refractivity contribution is -0.141. The molecule has 0 aliphatic rings. The van der Waals surface area contributed by atoms with E-state index in [0.29, 0.717) is 0 Å². The van der Waals surface area contributed by atoms with Crippen molar-refractivity contribution in [1.29, 1.82) is 0 Å². The standard InChI is InChI=1S/C16H17F4N3O3/c1-4-26-15(24)10-7-9-8-11(17)14(23(2)5-6-25-3)22-13(9)21-12(10)16(18,19)20/h7-8H,4-6H2,1-3H3. The third-order valence-electron chi connectivity index (χ3n) is 3.49. The molecule has 26 heavy (non-hydrogen) atoms. The number of rotatable bonds is 6. The molecular weight excluding hydrogens is 358 g/mol. The van der Waals surface area contributed by atoms with Crippen LogP contribution < -0.4 is 4.90 Å². The molecule has 0 aromatic carbocycles. The number of alkyl halides is 3. The summed E-state index contributed by atoms with van der Waals surface area (Å²) in [5.41, 5.74) is -2.53. The fraction of sp³-hybridized carbons (Fsp3) is 0.438. The SMILES string of the molecule is CCOC(=O)c1cc2cc(F)c(N(C)CCOC)nc2nc1C(F)(F)F. The van der Waals surface area contributed by atoms with Crippen LogP contribution in [0.1, 0.15) is 23.0 Å². The second kappa shape index (κ2) is 7.81. The number of esters is 1. The minimum atomic E-state index is -4.89. The molecular formula is C16H17F4N3O3. The average Bonchev–Trinajstić information content (AvgIpc) is 2.57. The van der Waals surface area contributed by atoms with E-state index in [1.807, 2.05) is 0 Å². The van der Waals surface area contributed by atoms with Crippen LogP contribution in [-0.4, -0.2) is 49.9 Å². The first-order valence-electron chi connectivity index (χ1n) is 7.64. The van der Waals surface area contributed by atoms with Gasteiger partial charge < -0.3 is 14.4 Å². The quantitative estimate of drug-likeness (QED) is 0.571. The molecule has 0 unspecified atom stereocenters. The topological polar surface area (TPSA) is 64.5 Å². The summed E-state index contributed by atoms with van der Waals surface area (Å²) in [7, 11) is 2.99. The highest BCUT2D eigenvalue weighted by Crippen LogP contribution is 2.33. The molecule has 0 radical (unpaired) electrons. The molecule has 0 spiro atoms. The van der Waals surface area contributed by atoms with Crippen molar-refractivity contribution in [3.05, 3.63) is 29.2 Å². The number of carbonyl (C=O) groups is 1. The lowest BCUT2D eigenvalue weighted by Gasteiger charge is -2.19. The van der Waals surface area contributed by atoms with Crippen molar-refractivity contribution >= 4 is 22.8 Å². The van der Waals surface area contributed by atoms with Gasteiger partial charge in [0.25, 0.3) is 0 Å². The van der Waals surface area contributed by atoms with E-state index >= 15 is 0 Å². The minimum Gasteiger partial charge on any atom is -0.462 e. The number of halogens is 4. The largest absolute Gasteiger partial charge is 0.462 e. The van der Waals surface area contributed by atoms with Crippen molar-refractivity contribution in [2.24, 2.45) is 0 Å². The molecule has 142 valence electrons. The predicted molar refractivity (Wildman–Crippen MR) is 85.6 cm³/mol. The van der Waals surface area contributed by atoms with Crippen LogP contribution >= 0.6 is 0 Å². The number of carbonyl (C=O) groups excluding carboxylic acids is 1. The van der Waals surface area contributed by atoms with Crippen LogP contribution in [0.5, 0.6) is 0 Å². The van der Waals surface area contributed by atoms with Gasteiger partial charge in [0.15, 0.2) is 23.0 Å². The summed E-state index contributed by atoms with van der Waals surface area (Å²) in [4.78, 5) is 20.6. The minimum absolute atomic E-state index is 0.0394. The number of nitrogens with zero attached hydrogens (tertiary/aromatic N) is 3. The van der Waals surface area contributed by atoms with Gasteiger partial charge in [0.05, 0.1) is 18.8 Å². The summed E-state index contributed by atoms with van der Waals surface area (Å²) in [5.74, 6) is -2.11. The molecule has 0 saturated heterocycles. The van der Waals surface area contributed by atoms with Gasteiger partial charge in [-0.25, -0.2) is 19.2 Å². The predicted octanol–water partition coefficient (Wildman–Crippen LogP) is 3.05. The molecule has 0 fully saturated rings. The van der Waals surface area contributed by atoms with Gasteiger partial charge in [-0.05, 0) is 19.1 Å². The van der Waals surface area contributed by atoms with Crippen molar-refractivity contribution in [2.75, 3.05) is 38.8 Å². The van der Waals surface area contributed by atoms with Crippen molar-refractivity contribution < 1.29 is 31.8 Å². The van der Waals surface area contributed by atoms with Crippen molar-refractivity contribution in [1.82, 2.24) is 9.97 Å². The average molecular weight is 375 g/mol. The highest BCUT2D eigenvalue weighted by molar-refractivity contribution is 5.95. The fourth-order valence-corrected chi connectivity index (χ4v) is 2.25. The van der Waals surface area contributed by atoms with Gasteiger partial charge in [-0.3, -0.25) is 0 Å². The Morgan fingerprint density at radius 2 is 1.96 bits per heavy atom. The first kappa shape index (κ1) is 19.8. The highest BCUT2D eigenvalue weighted by Gasteiger charge is 2.38. The summed E-state index contributed by atoms with van der Waals surface area (Å²) in [6, 6.07) is 1.87. The summed E-state index contributed by atoms with van der Waals surface area (Å²) >= 11 is 0. The Balaban J connectivity index is 2.62. The zero-order valence-electron chi connectivity index (χ0n) is 14.4. The molecule has 6 nitrogen and oxygen atoms in total. The third-order valence-corrected chi connectivity index (χ3v) is 3.49. The van der Waals surface area contributed by atoms with Gasteiger partial charge in [0.2, 0.25) is 0 Å². The van der Waals surface area contributed by atoms with Crippen LogP contribution in [0.25, 0.3) is 11.0 Å². The van der Waals surface area contributed by atoms with Crippen LogP contribution in [-0.2, 0) is 15.7 Å². The Morgan fingerprint density at radius 1 is 1.27 bits per heavy atom. The maximum atomic E-state index is 14.3. The number of aromatic nitrogens is 2. The number of ether oxygens (including phenoxy) is 2. The van der Waals surface area contributed by atoms with Gasteiger partial charge in [0.1, 0.15) is 0 Å². The van der Waals surface area contributed by atoms with E-state index in [4.69, 9.17) is 4.74 Å². The maximum Gasteiger partial charge on any atom is 0.434 e. The number of anilines is 1. The number of likely N-dealkylation sites (N-methyl/N-ethyl adjacent to an activating group) is 1. The van der Waals surface area contributed by atoms with Crippen molar-refractivity contribution in [3.63, 3.8) is 0 Å². The van der Waals surface area contributed by atoms with Crippen molar-refractivity contribution in [3.8, 4) is 0 Å². The zero-order valence-corrected chi connectivity index (χ0v) is 14.4. The van der Waals surface area contributed by atoms with E-state index in [1.165, 1.54) is 26.0 Å². The first-order valence-corrected chi connectivity index (χ1v) is 7.64. The van der Waals surface area contributed by atoms with Gasteiger partial charge in [0, 0.05) is 26.1 Å². The number of hydrogen-bond acceptors (Lipinski definition) is 6. The molecule has 0 aliphatic carbocycles. The molecule has 2 rings (SSSR count). The van der Waals surface area contributed by atoms with Crippen LogP contribution in [0, 0.1) is 5.82 Å². The van der Waals surface area contributed by atoms with E-state index in [0.717, 1.165) is 12.1 Å². The molecule has 2 aromatic rings. The Kier molecular flexibility index (Phi) is 5.96. The second-order valence-electron chi connectivity index (χ2n) is 5.36. The van der Waals surface area contributed by atoms with Crippen LogP contribution in [0.4, 0.5) is 23.4 Å². The lowest BCUT2D eigenvalue weighted by atomic mass is 10.1. The molecule has 2 heterocycles. The van der Waals surface area contributed by atoms with E-state index in [-0.39, 0.29) is 36.6 Å². The molecule has 0 amide bonds. The molecule has 10 heteroatoms. The van der Waals surface area contributed by atoms with Crippen LogP contribution in [0.3, 0.4) is 0 Å². The van der Waals surface area contributed by atoms with E-state index in [9.17, 15) is 22.4 Å². The van der Waals surface area contributed by atoms with Gasteiger partial charge >= 0.3 is 12.1 Å². The molecule has 0 saturated carbocycles. The van der Waals surface area contributed by atoms with Crippen LogP contribution in [0.15, 0.2) is 12.1 Å². The first-order chi connectivity index (χ1) is 12.2. The van der Waals surface area contributed by atoms with Gasteiger partial charge in [-0.1, -0.05) is 0 Å². The normalized spacial score (nSPS) is 11.7. The highest BCUT2D eigenvalue weighted by atomic mass is 19.4. The Bertz CT molecular complexity index is 811. The van der Waals surface area contributed by atoms with E-state index in [2.05, 4.69) is 14.7 Å².